The maximum atomic E-state index is 12.0. The highest BCUT2D eigenvalue weighted by atomic mass is 35.5. The smallest absolute Gasteiger partial charge is 0.311 e. The van der Waals surface area contributed by atoms with Crippen LogP contribution < -0.4 is 4.74 Å². The number of hydrogen-bond donors (Lipinski definition) is 0. The first-order chi connectivity index (χ1) is 12.0. The molecular formula is C19H15Cl2NO3. The lowest BCUT2D eigenvalue weighted by atomic mass is 10.2. The number of rotatable bonds is 5. The highest BCUT2D eigenvalue weighted by Gasteiger charge is 2.12. The standard InChI is InChI=1S/C19H15Cl2NO3/c1-12-2-7-15(21)16(10-12)25-19(23)9-8-18-22-11-17(24-18)13-3-5-14(20)6-4-13/h2-7,10-11H,8-9H2,1H3. The van der Waals surface area contributed by atoms with E-state index < -0.39 is 5.97 Å². The lowest BCUT2D eigenvalue weighted by Gasteiger charge is -2.06. The van der Waals surface area contributed by atoms with Crippen LogP contribution in [-0.4, -0.2) is 11.0 Å². The number of benzene rings is 2. The Morgan fingerprint density at radius 1 is 1.16 bits per heavy atom. The number of halogens is 2. The summed E-state index contributed by atoms with van der Waals surface area (Å²) >= 11 is 11.9. The van der Waals surface area contributed by atoms with Gasteiger partial charge in [-0.1, -0.05) is 29.3 Å². The van der Waals surface area contributed by atoms with Crippen molar-refractivity contribution >= 4 is 29.2 Å². The lowest BCUT2D eigenvalue weighted by Crippen LogP contribution is -2.09. The molecule has 3 aromatic rings. The molecule has 0 atom stereocenters. The SMILES string of the molecule is Cc1ccc(Cl)c(OC(=O)CCc2ncc(-c3ccc(Cl)cc3)o2)c1. The third-order valence-electron chi connectivity index (χ3n) is 3.54. The maximum Gasteiger partial charge on any atom is 0.311 e. The molecule has 1 aromatic heterocycles. The minimum atomic E-state index is -0.390. The van der Waals surface area contributed by atoms with Crippen molar-refractivity contribution in [3.05, 3.63) is 70.2 Å². The molecule has 0 aliphatic carbocycles. The molecule has 0 saturated heterocycles. The number of esters is 1. The van der Waals surface area contributed by atoms with Gasteiger partial charge in [0.2, 0.25) is 0 Å². The number of ether oxygens (including phenoxy) is 1. The van der Waals surface area contributed by atoms with Crippen molar-refractivity contribution in [3.63, 3.8) is 0 Å². The number of nitrogens with zero attached hydrogens (tertiary/aromatic N) is 1. The summed E-state index contributed by atoms with van der Waals surface area (Å²) in [5, 5.41) is 1.06. The minimum absolute atomic E-state index is 0.144. The van der Waals surface area contributed by atoms with Crippen LogP contribution in [0.1, 0.15) is 17.9 Å². The van der Waals surface area contributed by atoms with E-state index in [0.29, 0.717) is 33.9 Å². The number of hydrogen-bond acceptors (Lipinski definition) is 4. The van der Waals surface area contributed by atoms with Gasteiger partial charge < -0.3 is 9.15 Å². The van der Waals surface area contributed by atoms with Crippen LogP contribution in [0, 0.1) is 6.92 Å². The van der Waals surface area contributed by atoms with Gasteiger partial charge in [0, 0.05) is 17.0 Å². The van der Waals surface area contributed by atoms with E-state index in [1.807, 2.05) is 25.1 Å². The van der Waals surface area contributed by atoms with Gasteiger partial charge in [0.25, 0.3) is 0 Å². The highest BCUT2D eigenvalue weighted by Crippen LogP contribution is 2.26. The van der Waals surface area contributed by atoms with Crippen molar-refractivity contribution in [1.29, 1.82) is 0 Å². The Balaban J connectivity index is 1.59. The molecule has 0 saturated carbocycles. The first kappa shape index (κ1) is 17.5. The summed E-state index contributed by atoms with van der Waals surface area (Å²) in [6.07, 6.45) is 2.11. The molecule has 3 rings (SSSR count). The molecule has 0 radical (unpaired) electrons. The minimum Gasteiger partial charge on any atom is -0.441 e. The van der Waals surface area contributed by atoms with Crippen molar-refractivity contribution in [1.82, 2.24) is 4.98 Å². The van der Waals surface area contributed by atoms with E-state index in [0.717, 1.165) is 11.1 Å². The predicted octanol–water partition coefficient (Wildman–Crippen LogP) is 5.50. The van der Waals surface area contributed by atoms with Crippen molar-refractivity contribution < 1.29 is 13.9 Å². The molecule has 1 heterocycles. The molecule has 0 bridgehead atoms. The lowest BCUT2D eigenvalue weighted by molar-refractivity contribution is -0.134. The number of aryl methyl sites for hydroxylation is 2. The van der Waals surface area contributed by atoms with Gasteiger partial charge in [-0.3, -0.25) is 4.79 Å². The van der Waals surface area contributed by atoms with Crippen LogP contribution in [-0.2, 0) is 11.2 Å². The van der Waals surface area contributed by atoms with E-state index in [9.17, 15) is 4.79 Å². The molecule has 0 fully saturated rings. The van der Waals surface area contributed by atoms with E-state index in [4.69, 9.17) is 32.4 Å². The Kier molecular flexibility index (Phi) is 5.41. The van der Waals surface area contributed by atoms with Crippen LogP contribution in [0.4, 0.5) is 0 Å². The van der Waals surface area contributed by atoms with Gasteiger partial charge >= 0.3 is 5.97 Å². The molecule has 0 aliphatic rings. The second kappa shape index (κ2) is 7.72. The maximum absolute atomic E-state index is 12.0. The van der Waals surface area contributed by atoms with Gasteiger partial charge in [-0.15, -0.1) is 0 Å². The molecule has 6 heteroatoms. The van der Waals surface area contributed by atoms with Gasteiger partial charge in [-0.05, 0) is 48.9 Å². The van der Waals surface area contributed by atoms with E-state index >= 15 is 0 Å². The third kappa shape index (κ3) is 4.62. The van der Waals surface area contributed by atoms with Crippen molar-refractivity contribution in [3.8, 4) is 17.1 Å². The first-order valence-electron chi connectivity index (χ1n) is 7.69. The Morgan fingerprint density at radius 2 is 1.92 bits per heavy atom. The molecular weight excluding hydrogens is 361 g/mol. The highest BCUT2D eigenvalue weighted by molar-refractivity contribution is 6.32. The number of aromatic nitrogens is 1. The fourth-order valence-corrected chi connectivity index (χ4v) is 2.53. The largest absolute Gasteiger partial charge is 0.441 e. The Morgan fingerprint density at radius 3 is 2.68 bits per heavy atom. The van der Waals surface area contributed by atoms with Crippen molar-refractivity contribution in [2.75, 3.05) is 0 Å². The average Bonchev–Trinajstić information content (AvgIpc) is 3.06. The second-order valence-electron chi connectivity index (χ2n) is 5.53. The van der Waals surface area contributed by atoms with E-state index in [-0.39, 0.29) is 6.42 Å². The van der Waals surface area contributed by atoms with Gasteiger partial charge in [0.1, 0.15) is 5.75 Å². The Bertz CT molecular complexity index is 888. The van der Waals surface area contributed by atoms with Crippen LogP contribution in [0.2, 0.25) is 10.0 Å². The summed E-state index contributed by atoms with van der Waals surface area (Å²) in [5.41, 5.74) is 1.84. The fourth-order valence-electron chi connectivity index (χ4n) is 2.24. The van der Waals surface area contributed by atoms with Crippen molar-refractivity contribution in [2.24, 2.45) is 0 Å². The van der Waals surface area contributed by atoms with Crippen LogP contribution in [0.15, 0.2) is 53.1 Å². The quantitative estimate of drug-likeness (QED) is 0.436. The normalized spacial score (nSPS) is 10.7. The fraction of sp³-hybridized carbons (Fsp3) is 0.158. The zero-order valence-electron chi connectivity index (χ0n) is 13.5. The monoisotopic (exact) mass is 375 g/mol. The van der Waals surface area contributed by atoms with E-state index in [2.05, 4.69) is 4.98 Å². The van der Waals surface area contributed by atoms with Crippen molar-refractivity contribution in [2.45, 2.75) is 19.8 Å². The van der Waals surface area contributed by atoms with Gasteiger partial charge in [0.15, 0.2) is 11.7 Å². The topological polar surface area (TPSA) is 52.3 Å². The molecule has 0 amide bonds. The van der Waals surface area contributed by atoms with Crippen LogP contribution in [0.25, 0.3) is 11.3 Å². The summed E-state index contributed by atoms with van der Waals surface area (Å²) in [6.45, 7) is 1.90. The van der Waals surface area contributed by atoms with Gasteiger partial charge in [-0.25, -0.2) is 4.98 Å². The molecule has 0 spiro atoms. The first-order valence-corrected chi connectivity index (χ1v) is 8.44. The molecule has 0 unspecified atom stereocenters. The zero-order chi connectivity index (χ0) is 17.8. The Hall–Kier alpha value is -2.30. The summed E-state index contributed by atoms with van der Waals surface area (Å²) in [6, 6.07) is 12.5. The number of carbonyl (C=O) groups excluding carboxylic acids is 1. The van der Waals surface area contributed by atoms with Crippen LogP contribution in [0.5, 0.6) is 5.75 Å². The number of oxazole rings is 1. The van der Waals surface area contributed by atoms with Crippen LogP contribution in [0.3, 0.4) is 0 Å². The summed E-state index contributed by atoms with van der Waals surface area (Å²) < 4.78 is 11.0. The average molecular weight is 376 g/mol. The molecule has 4 nitrogen and oxygen atoms in total. The van der Waals surface area contributed by atoms with Gasteiger partial charge in [-0.2, -0.15) is 0 Å². The Labute approximate surface area is 155 Å². The zero-order valence-corrected chi connectivity index (χ0v) is 15.0. The van der Waals surface area contributed by atoms with Crippen LogP contribution >= 0.6 is 23.2 Å². The van der Waals surface area contributed by atoms with Gasteiger partial charge in [0.05, 0.1) is 17.6 Å². The van der Waals surface area contributed by atoms with E-state index in [1.54, 1.807) is 30.5 Å². The summed E-state index contributed by atoms with van der Waals surface area (Å²) in [4.78, 5) is 16.2. The molecule has 2 aromatic carbocycles. The summed E-state index contributed by atoms with van der Waals surface area (Å²) in [7, 11) is 0. The second-order valence-corrected chi connectivity index (χ2v) is 6.38. The molecule has 0 aliphatic heterocycles. The molecule has 128 valence electrons. The molecule has 0 N–H and O–H groups in total. The van der Waals surface area contributed by atoms with E-state index in [1.165, 1.54) is 0 Å². The predicted molar refractivity (Wildman–Crippen MR) is 97.1 cm³/mol. The molecule has 25 heavy (non-hydrogen) atoms. The number of carbonyl (C=O) groups is 1. The third-order valence-corrected chi connectivity index (χ3v) is 4.10. The summed E-state index contributed by atoms with van der Waals surface area (Å²) in [5.74, 6) is 1.07.